The van der Waals surface area contributed by atoms with Crippen molar-refractivity contribution in [3.05, 3.63) is 89.0 Å². The van der Waals surface area contributed by atoms with Crippen LogP contribution in [0.3, 0.4) is 0 Å². The molecule has 7 heteroatoms. The van der Waals surface area contributed by atoms with Gasteiger partial charge in [-0.25, -0.2) is 9.59 Å². The summed E-state index contributed by atoms with van der Waals surface area (Å²) in [4.78, 5) is 38.5. The zero-order valence-corrected chi connectivity index (χ0v) is 17.1. The van der Waals surface area contributed by atoms with Crippen molar-refractivity contribution < 1.29 is 24.2 Å². The number of aromatic carboxylic acids is 1. The first-order valence-corrected chi connectivity index (χ1v) is 10.3. The molecule has 2 amide bonds. The van der Waals surface area contributed by atoms with Crippen LogP contribution in [0.15, 0.2) is 66.7 Å². The molecule has 5 rings (SSSR count). The molecule has 2 N–H and O–H groups in total. The van der Waals surface area contributed by atoms with Gasteiger partial charge in [0.05, 0.1) is 16.8 Å². The molecule has 1 aliphatic heterocycles. The number of hydrogen-bond donors (Lipinski definition) is 2. The molecule has 0 bridgehead atoms. The lowest BCUT2D eigenvalue weighted by Crippen LogP contribution is -2.36. The van der Waals surface area contributed by atoms with Crippen LogP contribution in [0.4, 0.5) is 10.5 Å². The Hall–Kier alpha value is -4.13. The summed E-state index contributed by atoms with van der Waals surface area (Å²) in [5, 5.41) is 12.1. The Morgan fingerprint density at radius 1 is 0.969 bits per heavy atom. The molecule has 3 aromatic rings. The summed E-state index contributed by atoms with van der Waals surface area (Å²) in [6, 6.07) is 20.5. The Morgan fingerprint density at radius 3 is 2.28 bits per heavy atom. The lowest BCUT2D eigenvalue weighted by Gasteiger charge is -2.23. The van der Waals surface area contributed by atoms with E-state index in [0.717, 1.165) is 22.3 Å². The number of nitrogens with one attached hydrogen (secondary N) is 1. The molecule has 1 heterocycles. The second kappa shape index (κ2) is 7.85. The average Bonchev–Trinajstić information content (AvgIpc) is 3.02. The first kappa shape index (κ1) is 19.8. The van der Waals surface area contributed by atoms with E-state index in [4.69, 9.17) is 4.74 Å². The number of carbonyl (C=O) groups excluding carboxylic acids is 2. The third-order valence-electron chi connectivity index (χ3n) is 5.97. The van der Waals surface area contributed by atoms with Crippen LogP contribution in [0.5, 0.6) is 0 Å². The minimum Gasteiger partial charge on any atom is -0.478 e. The lowest BCUT2D eigenvalue weighted by atomic mass is 9.98. The van der Waals surface area contributed by atoms with Gasteiger partial charge in [0.15, 0.2) is 0 Å². The third-order valence-corrected chi connectivity index (χ3v) is 5.97. The fourth-order valence-electron chi connectivity index (χ4n) is 4.53. The van der Waals surface area contributed by atoms with Gasteiger partial charge in [-0.3, -0.25) is 9.69 Å². The number of anilines is 1. The molecule has 1 aliphatic carbocycles. The van der Waals surface area contributed by atoms with Crippen molar-refractivity contribution in [3.63, 3.8) is 0 Å². The minimum absolute atomic E-state index is 0.0361. The first-order chi connectivity index (χ1) is 15.6. The average molecular weight is 428 g/mol. The number of benzene rings is 3. The van der Waals surface area contributed by atoms with Crippen LogP contribution in [0, 0.1) is 0 Å². The van der Waals surface area contributed by atoms with E-state index < -0.39 is 18.0 Å². The molecule has 0 aromatic heterocycles. The van der Waals surface area contributed by atoms with Crippen LogP contribution >= 0.6 is 0 Å². The topological polar surface area (TPSA) is 95.9 Å². The highest BCUT2D eigenvalue weighted by Crippen LogP contribution is 2.44. The Bertz CT molecular complexity index is 1210. The maximum absolute atomic E-state index is 13.1. The maximum atomic E-state index is 13.1. The third kappa shape index (κ3) is 3.19. The molecule has 0 spiro atoms. The van der Waals surface area contributed by atoms with Crippen molar-refractivity contribution in [1.82, 2.24) is 5.32 Å². The van der Waals surface area contributed by atoms with Crippen molar-refractivity contribution >= 4 is 23.7 Å². The van der Waals surface area contributed by atoms with Crippen LogP contribution in [0.2, 0.25) is 0 Å². The Balaban J connectivity index is 1.43. The largest absolute Gasteiger partial charge is 0.478 e. The van der Waals surface area contributed by atoms with Crippen molar-refractivity contribution in [3.8, 4) is 11.1 Å². The van der Waals surface area contributed by atoms with Gasteiger partial charge in [0.25, 0.3) is 5.91 Å². The van der Waals surface area contributed by atoms with Gasteiger partial charge < -0.3 is 15.2 Å². The molecule has 2 aliphatic rings. The molecule has 7 nitrogen and oxygen atoms in total. The fourth-order valence-corrected chi connectivity index (χ4v) is 4.53. The second-order valence-electron chi connectivity index (χ2n) is 7.72. The first-order valence-electron chi connectivity index (χ1n) is 10.3. The highest BCUT2D eigenvalue weighted by molar-refractivity contribution is 6.11. The molecule has 0 atom stereocenters. The highest BCUT2D eigenvalue weighted by Gasteiger charge is 2.32. The number of fused-ring (bicyclic) bond motifs is 4. The van der Waals surface area contributed by atoms with Gasteiger partial charge in [-0.15, -0.1) is 0 Å². The monoisotopic (exact) mass is 428 g/mol. The quantitative estimate of drug-likeness (QED) is 0.660. The Kier molecular flexibility index (Phi) is 4.86. The van der Waals surface area contributed by atoms with Gasteiger partial charge in [-0.1, -0.05) is 54.6 Å². The summed E-state index contributed by atoms with van der Waals surface area (Å²) in [7, 11) is 0. The predicted octanol–water partition coefficient (Wildman–Crippen LogP) is 3.88. The number of rotatable bonds is 3. The van der Waals surface area contributed by atoms with E-state index in [2.05, 4.69) is 17.4 Å². The van der Waals surface area contributed by atoms with Crippen LogP contribution in [-0.4, -0.2) is 42.8 Å². The number of ether oxygens (including phenoxy) is 1. The summed E-state index contributed by atoms with van der Waals surface area (Å²) >= 11 is 0. The van der Waals surface area contributed by atoms with E-state index in [1.54, 1.807) is 6.07 Å². The van der Waals surface area contributed by atoms with Crippen LogP contribution < -0.4 is 10.2 Å². The van der Waals surface area contributed by atoms with Crippen molar-refractivity contribution in [1.29, 1.82) is 0 Å². The maximum Gasteiger partial charge on any atom is 0.414 e. The number of carboxylic acid groups (broad SMARTS) is 1. The molecule has 160 valence electrons. The zero-order chi connectivity index (χ0) is 22.2. The van der Waals surface area contributed by atoms with E-state index in [0.29, 0.717) is 0 Å². The molecular weight excluding hydrogens is 408 g/mol. The number of hydrogen-bond acceptors (Lipinski definition) is 4. The molecule has 0 unspecified atom stereocenters. The van der Waals surface area contributed by atoms with Gasteiger partial charge in [0, 0.05) is 19.0 Å². The minimum atomic E-state index is -1.23. The summed E-state index contributed by atoms with van der Waals surface area (Å²) in [6.07, 6.45) is -0.618. The SMILES string of the molecule is O=C(O)c1cccc2c1C(=O)NCCN2C(=O)OCC1c2ccccc2-c2ccccc21. The number of carboxylic acids is 1. The van der Waals surface area contributed by atoms with E-state index >= 15 is 0 Å². The van der Waals surface area contributed by atoms with Crippen molar-refractivity contribution in [2.24, 2.45) is 0 Å². The molecule has 0 fully saturated rings. The van der Waals surface area contributed by atoms with E-state index in [9.17, 15) is 19.5 Å². The van der Waals surface area contributed by atoms with Gasteiger partial charge >= 0.3 is 12.1 Å². The standard InChI is InChI=1S/C25H20N2O5/c28-23-22-19(24(29)30)10-5-11-21(22)27(13-12-26-23)25(31)32-14-20-17-8-3-1-6-15(17)16-7-2-4-9-18(16)20/h1-11,20H,12-14H2,(H,26,28)(H,29,30). The molecule has 0 radical (unpaired) electrons. The predicted molar refractivity (Wildman–Crippen MR) is 118 cm³/mol. The Labute approximate surface area is 184 Å². The van der Waals surface area contributed by atoms with Crippen LogP contribution in [0.1, 0.15) is 37.8 Å². The molecule has 0 saturated carbocycles. The van der Waals surface area contributed by atoms with Gasteiger partial charge in [0.2, 0.25) is 0 Å². The van der Waals surface area contributed by atoms with Gasteiger partial charge in [0.1, 0.15) is 6.61 Å². The normalized spacial score (nSPS) is 14.6. The van der Waals surface area contributed by atoms with Crippen molar-refractivity contribution in [2.75, 3.05) is 24.6 Å². The van der Waals surface area contributed by atoms with E-state index in [1.165, 1.54) is 17.0 Å². The lowest BCUT2D eigenvalue weighted by molar-refractivity contribution is 0.0691. The van der Waals surface area contributed by atoms with Gasteiger partial charge in [-0.2, -0.15) is 0 Å². The zero-order valence-electron chi connectivity index (χ0n) is 17.1. The van der Waals surface area contributed by atoms with Crippen LogP contribution in [0.25, 0.3) is 11.1 Å². The summed E-state index contributed by atoms with van der Waals surface area (Å²) in [5.74, 6) is -1.85. The number of carbonyl (C=O) groups is 3. The molecule has 0 saturated heterocycles. The van der Waals surface area contributed by atoms with Crippen LogP contribution in [-0.2, 0) is 4.74 Å². The van der Waals surface area contributed by atoms with Crippen molar-refractivity contribution in [2.45, 2.75) is 5.92 Å². The highest BCUT2D eigenvalue weighted by atomic mass is 16.6. The Morgan fingerprint density at radius 2 is 1.62 bits per heavy atom. The second-order valence-corrected chi connectivity index (χ2v) is 7.72. The molecule has 32 heavy (non-hydrogen) atoms. The number of nitrogens with zero attached hydrogens (tertiary/aromatic N) is 1. The van der Waals surface area contributed by atoms with Gasteiger partial charge in [-0.05, 0) is 34.4 Å². The molecular formula is C25H20N2O5. The van der Waals surface area contributed by atoms with E-state index in [-0.39, 0.29) is 42.4 Å². The smallest absolute Gasteiger partial charge is 0.414 e. The summed E-state index contributed by atoms with van der Waals surface area (Å²) < 4.78 is 5.73. The molecule has 3 aromatic carbocycles. The summed E-state index contributed by atoms with van der Waals surface area (Å²) in [5.41, 5.74) is 4.50. The van der Waals surface area contributed by atoms with E-state index in [1.807, 2.05) is 36.4 Å². The number of amides is 2. The fraction of sp³-hybridized carbons (Fsp3) is 0.160. The summed E-state index contributed by atoms with van der Waals surface area (Å²) in [6.45, 7) is 0.508.